The number of ether oxygens (including phenoxy) is 1. The van der Waals surface area contributed by atoms with Gasteiger partial charge in [-0.3, -0.25) is 4.99 Å². The highest BCUT2D eigenvalue weighted by Crippen LogP contribution is 2.26. The minimum absolute atomic E-state index is 0.386. The number of aliphatic imine (C=N–C) groups is 1. The van der Waals surface area contributed by atoms with E-state index in [1.807, 2.05) is 18.2 Å². The van der Waals surface area contributed by atoms with Crippen molar-refractivity contribution in [3.63, 3.8) is 0 Å². The first-order valence-electron chi connectivity index (χ1n) is 6.49. The van der Waals surface area contributed by atoms with Crippen molar-refractivity contribution >= 4 is 11.6 Å². The predicted octanol–water partition coefficient (Wildman–Crippen LogP) is 2.39. The van der Waals surface area contributed by atoms with Crippen molar-refractivity contribution < 1.29 is 4.74 Å². The lowest BCUT2D eigenvalue weighted by molar-refractivity contribution is 0.415. The summed E-state index contributed by atoms with van der Waals surface area (Å²) in [5, 5.41) is 0. The monoisotopic (exact) mass is 247 g/mol. The van der Waals surface area contributed by atoms with Crippen molar-refractivity contribution in [3.05, 3.63) is 24.3 Å². The average Bonchev–Trinajstić information content (AvgIpc) is 2.77. The zero-order valence-electron chi connectivity index (χ0n) is 11.1. The molecule has 1 aliphatic rings. The Bertz CT molecular complexity index is 431. The molecule has 0 amide bonds. The minimum atomic E-state index is 0.386. The van der Waals surface area contributed by atoms with Crippen molar-refractivity contribution in [3.8, 4) is 5.75 Å². The van der Waals surface area contributed by atoms with Gasteiger partial charge >= 0.3 is 0 Å². The summed E-state index contributed by atoms with van der Waals surface area (Å²) in [6, 6.07) is 8.36. The SMILES string of the molecule is CCCCC1CN=C(N)N1c1cccc(OC)c1. The molecule has 18 heavy (non-hydrogen) atoms. The molecule has 0 spiro atoms. The quantitative estimate of drug-likeness (QED) is 0.869. The van der Waals surface area contributed by atoms with E-state index in [0.29, 0.717) is 12.0 Å². The molecule has 0 aliphatic carbocycles. The number of unbranched alkanes of at least 4 members (excludes halogenated alkanes) is 1. The van der Waals surface area contributed by atoms with Crippen molar-refractivity contribution in [1.82, 2.24) is 0 Å². The van der Waals surface area contributed by atoms with Crippen LogP contribution >= 0.6 is 0 Å². The summed E-state index contributed by atoms with van der Waals surface area (Å²) in [4.78, 5) is 6.49. The van der Waals surface area contributed by atoms with Crippen LogP contribution in [0.4, 0.5) is 5.69 Å². The molecule has 1 unspecified atom stereocenters. The molecule has 98 valence electrons. The lowest BCUT2D eigenvalue weighted by Crippen LogP contribution is -2.40. The van der Waals surface area contributed by atoms with E-state index in [9.17, 15) is 0 Å². The summed E-state index contributed by atoms with van der Waals surface area (Å²) in [6.45, 7) is 3.00. The van der Waals surface area contributed by atoms with E-state index in [1.165, 1.54) is 12.8 Å². The predicted molar refractivity (Wildman–Crippen MR) is 75.3 cm³/mol. The molecular weight excluding hydrogens is 226 g/mol. The van der Waals surface area contributed by atoms with Crippen molar-refractivity contribution in [1.29, 1.82) is 0 Å². The number of nitrogens with zero attached hydrogens (tertiary/aromatic N) is 2. The van der Waals surface area contributed by atoms with Crippen LogP contribution in [0.5, 0.6) is 5.75 Å². The van der Waals surface area contributed by atoms with Crippen LogP contribution in [0.3, 0.4) is 0 Å². The van der Waals surface area contributed by atoms with E-state index in [2.05, 4.69) is 22.9 Å². The number of guanidine groups is 1. The maximum atomic E-state index is 6.00. The van der Waals surface area contributed by atoms with Crippen LogP contribution in [0.25, 0.3) is 0 Å². The van der Waals surface area contributed by atoms with Gasteiger partial charge in [-0.15, -0.1) is 0 Å². The molecular formula is C14H21N3O. The third-order valence-corrected chi connectivity index (χ3v) is 3.30. The zero-order valence-corrected chi connectivity index (χ0v) is 11.1. The average molecular weight is 247 g/mol. The molecule has 2 rings (SSSR count). The molecule has 1 atom stereocenters. The van der Waals surface area contributed by atoms with E-state index in [0.717, 1.165) is 24.4 Å². The van der Waals surface area contributed by atoms with Gasteiger partial charge in [0.2, 0.25) is 0 Å². The van der Waals surface area contributed by atoms with Gasteiger partial charge in [0.25, 0.3) is 0 Å². The summed E-state index contributed by atoms with van der Waals surface area (Å²) >= 11 is 0. The van der Waals surface area contributed by atoms with Crippen LogP contribution in [0, 0.1) is 0 Å². The molecule has 4 heteroatoms. The molecule has 0 saturated heterocycles. The molecule has 0 aromatic heterocycles. The second-order valence-corrected chi connectivity index (χ2v) is 4.57. The smallest absolute Gasteiger partial charge is 0.196 e. The summed E-state index contributed by atoms with van der Waals surface area (Å²) in [6.07, 6.45) is 3.52. The maximum Gasteiger partial charge on any atom is 0.196 e. The summed E-state index contributed by atoms with van der Waals surface area (Å²) in [7, 11) is 1.68. The van der Waals surface area contributed by atoms with Gasteiger partial charge in [-0.05, 0) is 18.6 Å². The van der Waals surface area contributed by atoms with E-state index in [-0.39, 0.29) is 0 Å². The number of methoxy groups -OCH3 is 1. The fourth-order valence-corrected chi connectivity index (χ4v) is 2.31. The molecule has 4 nitrogen and oxygen atoms in total. The molecule has 0 radical (unpaired) electrons. The number of nitrogens with two attached hydrogens (primary N) is 1. The Balaban J connectivity index is 2.19. The number of anilines is 1. The molecule has 1 aromatic carbocycles. The summed E-state index contributed by atoms with van der Waals surface area (Å²) in [5.41, 5.74) is 7.06. The molecule has 0 bridgehead atoms. The van der Waals surface area contributed by atoms with E-state index in [1.54, 1.807) is 7.11 Å². The number of rotatable bonds is 5. The van der Waals surface area contributed by atoms with E-state index < -0.39 is 0 Å². The van der Waals surface area contributed by atoms with Crippen LogP contribution in [0.1, 0.15) is 26.2 Å². The van der Waals surface area contributed by atoms with E-state index >= 15 is 0 Å². The van der Waals surface area contributed by atoms with Gasteiger partial charge in [0.1, 0.15) is 5.75 Å². The van der Waals surface area contributed by atoms with Crippen molar-refractivity contribution in [2.24, 2.45) is 10.7 Å². The largest absolute Gasteiger partial charge is 0.497 e. The molecule has 1 aliphatic heterocycles. The fraction of sp³-hybridized carbons (Fsp3) is 0.500. The zero-order chi connectivity index (χ0) is 13.0. The Morgan fingerprint density at radius 2 is 2.33 bits per heavy atom. The Morgan fingerprint density at radius 1 is 1.50 bits per heavy atom. The van der Waals surface area contributed by atoms with Crippen LogP contribution in [0.2, 0.25) is 0 Å². The van der Waals surface area contributed by atoms with Gasteiger partial charge < -0.3 is 15.4 Å². The van der Waals surface area contributed by atoms with Gasteiger partial charge in [0, 0.05) is 11.8 Å². The first kappa shape index (κ1) is 12.7. The second-order valence-electron chi connectivity index (χ2n) is 4.57. The molecule has 0 fully saturated rings. The second kappa shape index (κ2) is 5.76. The summed E-state index contributed by atoms with van der Waals surface area (Å²) < 4.78 is 5.26. The van der Waals surface area contributed by atoms with Gasteiger partial charge in [-0.25, -0.2) is 0 Å². The van der Waals surface area contributed by atoms with Gasteiger partial charge in [-0.2, -0.15) is 0 Å². The Labute approximate surface area is 108 Å². The lowest BCUT2D eigenvalue weighted by atomic mass is 10.1. The first-order valence-corrected chi connectivity index (χ1v) is 6.49. The number of hydrogen-bond donors (Lipinski definition) is 1. The highest BCUT2D eigenvalue weighted by molar-refractivity contribution is 5.97. The maximum absolute atomic E-state index is 6.00. The highest BCUT2D eigenvalue weighted by Gasteiger charge is 2.26. The third kappa shape index (κ3) is 2.58. The fourth-order valence-electron chi connectivity index (χ4n) is 2.31. The van der Waals surface area contributed by atoms with Crippen LogP contribution in [0.15, 0.2) is 29.3 Å². The topological polar surface area (TPSA) is 50.8 Å². The van der Waals surface area contributed by atoms with Crippen LogP contribution in [-0.4, -0.2) is 25.7 Å². The van der Waals surface area contributed by atoms with E-state index in [4.69, 9.17) is 10.5 Å². The molecule has 1 aromatic rings. The highest BCUT2D eigenvalue weighted by atomic mass is 16.5. The normalized spacial score (nSPS) is 18.9. The minimum Gasteiger partial charge on any atom is -0.497 e. The number of hydrogen-bond acceptors (Lipinski definition) is 4. The van der Waals surface area contributed by atoms with Crippen LogP contribution < -0.4 is 15.4 Å². The number of benzene rings is 1. The lowest BCUT2D eigenvalue weighted by Gasteiger charge is -2.26. The Kier molecular flexibility index (Phi) is 4.07. The van der Waals surface area contributed by atoms with Crippen molar-refractivity contribution in [2.75, 3.05) is 18.6 Å². The Hall–Kier alpha value is -1.71. The Morgan fingerprint density at radius 3 is 3.06 bits per heavy atom. The van der Waals surface area contributed by atoms with Gasteiger partial charge in [-0.1, -0.05) is 25.8 Å². The van der Waals surface area contributed by atoms with Crippen LogP contribution in [-0.2, 0) is 0 Å². The molecule has 2 N–H and O–H groups in total. The standard InChI is InChI=1S/C14H21N3O/c1-3-4-6-12-10-16-14(15)17(12)11-7-5-8-13(9-11)18-2/h5,7-9,12H,3-4,6,10H2,1-2H3,(H2,15,16). The summed E-state index contributed by atoms with van der Waals surface area (Å²) in [5.74, 6) is 1.46. The molecule has 0 saturated carbocycles. The first-order chi connectivity index (χ1) is 8.76. The van der Waals surface area contributed by atoms with Gasteiger partial charge in [0.05, 0.1) is 19.7 Å². The molecule has 1 heterocycles. The third-order valence-electron chi connectivity index (χ3n) is 3.30. The van der Waals surface area contributed by atoms with Crippen molar-refractivity contribution in [2.45, 2.75) is 32.2 Å². The van der Waals surface area contributed by atoms with Gasteiger partial charge in [0.15, 0.2) is 5.96 Å².